The number of anilines is 2. The summed E-state index contributed by atoms with van der Waals surface area (Å²) >= 11 is 1.56. The maximum absolute atomic E-state index is 12.5. The summed E-state index contributed by atoms with van der Waals surface area (Å²) in [5.74, 6) is 0.627. The molecule has 0 aromatic heterocycles. The minimum atomic E-state index is 0.170. The monoisotopic (exact) mass is 298 g/mol. The average molecular weight is 298 g/mol. The van der Waals surface area contributed by atoms with E-state index < -0.39 is 0 Å². The van der Waals surface area contributed by atoms with Crippen LogP contribution in [0.1, 0.15) is 12.0 Å². The van der Waals surface area contributed by atoms with Crippen LogP contribution in [0.2, 0.25) is 0 Å². The molecule has 1 amide bonds. The average Bonchev–Trinajstić information content (AvgIpc) is 2.53. The summed E-state index contributed by atoms with van der Waals surface area (Å²) in [6.45, 7) is 0.818. The van der Waals surface area contributed by atoms with Crippen molar-refractivity contribution < 1.29 is 4.79 Å². The van der Waals surface area contributed by atoms with E-state index in [1.165, 1.54) is 5.56 Å². The number of carbonyl (C=O) groups is 1. The Labute approximate surface area is 129 Å². The molecular weight excluding hydrogens is 280 g/mol. The number of fused-ring (bicyclic) bond motifs is 1. The highest BCUT2D eigenvalue weighted by Gasteiger charge is 2.21. The highest BCUT2D eigenvalue weighted by atomic mass is 32.2. The molecule has 1 heterocycles. The van der Waals surface area contributed by atoms with Crippen LogP contribution in [0.3, 0.4) is 0 Å². The van der Waals surface area contributed by atoms with Gasteiger partial charge in [-0.15, -0.1) is 11.8 Å². The number of hydrogen-bond donors (Lipinski definition) is 1. The molecule has 0 atom stereocenters. The van der Waals surface area contributed by atoms with Crippen molar-refractivity contribution in [1.82, 2.24) is 0 Å². The number of aryl methyl sites for hydroxylation is 1. The summed E-state index contributed by atoms with van der Waals surface area (Å²) in [7, 11) is 0. The van der Waals surface area contributed by atoms with E-state index in [0.717, 1.165) is 35.7 Å². The first-order chi connectivity index (χ1) is 10.2. The van der Waals surface area contributed by atoms with Crippen molar-refractivity contribution in [3.05, 3.63) is 54.1 Å². The van der Waals surface area contributed by atoms with Gasteiger partial charge in [-0.2, -0.15) is 0 Å². The van der Waals surface area contributed by atoms with Gasteiger partial charge in [-0.1, -0.05) is 18.2 Å². The van der Waals surface area contributed by atoms with Crippen molar-refractivity contribution in [2.75, 3.05) is 22.9 Å². The van der Waals surface area contributed by atoms with Crippen molar-refractivity contribution in [1.29, 1.82) is 0 Å². The molecule has 0 unspecified atom stereocenters. The molecule has 1 aliphatic rings. The lowest BCUT2D eigenvalue weighted by Gasteiger charge is -2.29. The highest BCUT2D eigenvalue weighted by molar-refractivity contribution is 8.00. The molecule has 0 radical (unpaired) electrons. The second kappa shape index (κ2) is 6.22. The van der Waals surface area contributed by atoms with Gasteiger partial charge in [-0.05, 0) is 48.7 Å². The van der Waals surface area contributed by atoms with Crippen molar-refractivity contribution in [2.45, 2.75) is 17.7 Å². The van der Waals surface area contributed by atoms with Crippen LogP contribution in [-0.4, -0.2) is 18.2 Å². The third-order valence-corrected chi connectivity index (χ3v) is 4.65. The van der Waals surface area contributed by atoms with Gasteiger partial charge in [0.2, 0.25) is 5.91 Å². The summed E-state index contributed by atoms with van der Waals surface area (Å²) < 4.78 is 0. The number of rotatable bonds is 3. The van der Waals surface area contributed by atoms with Gasteiger partial charge in [-0.25, -0.2) is 0 Å². The molecule has 0 aliphatic carbocycles. The van der Waals surface area contributed by atoms with E-state index in [1.54, 1.807) is 11.8 Å². The standard InChI is InChI=1S/C17H18N2OS/c18-14-7-9-15(10-8-14)21-12-17(20)19-11-3-5-13-4-1-2-6-16(13)19/h1-2,4,6-10H,3,5,11-12,18H2. The van der Waals surface area contributed by atoms with Gasteiger partial charge in [0.25, 0.3) is 0 Å². The topological polar surface area (TPSA) is 46.3 Å². The second-order valence-electron chi connectivity index (χ2n) is 5.14. The van der Waals surface area contributed by atoms with Gasteiger partial charge in [0.05, 0.1) is 5.75 Å². The fourth-order valence-corrected chi connectivity index (χ4v) is 3.35. The van der Waals surface area contributed by atoms with Gasteiger partial charge < -0.3 is 10.6 Å². The van der Waals surface area contributed by atoms with Crippen molar-refractivity contribution in [3.8, 4) is 0 Å². The molecule has 1 aliphatic heterocycles. The molecule has 108 valence electrons. The molecular formula is C17H18N2OS. The molecule has 21 heavy (non-hydrogen) atoms. The Balaban J connectivity index is 1.68. The zero-order valence-electron chi connectivity index (χ0n) is 11.8. The first-order valence-corrected chi connectivity index (χ1v) is 8.09. The number of para-hydroxylation sites is 1. The van der Waals surface area contributed by atoms with Crippen LogP contribution in [0.15, 0.2) is 53.4 Å². The lowest BCUT2D eigenvalue weighted by atomic mass is 10.0. The molecule has 0 bridgehead atoms. The van der Waals surface area contributed by atoms with Crippen LogP contribution in [0.4, 0.5) is 11.4 Å². The van der Waals surface area contributed by atoms with Crippen molar-refractivity contribution in [2.24, 2.45) is 0 Å². The lowest BCUT2D eigenvalue weighted by Crippen LogP contribution is -2.36. The Morgan fingerprint density at radius 1 is 1.14 bits per heavy atom. The van der Waals surface area contributed by atoms with E-state index in [1.807, 2.05) is 47.4 Å². The number of nitrogen functional groups attached to an aromatic ring is 1. The summed E-state index contributed by atoms with van der Waals surface area (Å²) in [6.07, 6.45) is 2.10. The van der Waals surface area contributed by atoms with Crippen molar-refractivity contribution in [3.63, 3.8) is 0 Å². The van der Waals surface area contributed by atoms with Crippen LogP contribution >= 0.6 is 11.8 Å². The Morgan fingerprint density at radius 2 is 1.90 bits per heavy atom. The number of nitrogens with zero attached hydrogens (tertiary/aromatic N) is 1. The number of amides is 1. The molecule has 0 fully saturated rings. The summed E-state index contributed by atoms with van der Waals surface area (Å²) in [6, 6.07) is 15.8. The quantitative estimate of drug-likeness (QED) is 0.698. The van der Waals surface area contributed by atoms with Gasteiger partial charge in [0.15, 0.2) is 0 Å². The maximum Gasteiger partial charge on any atom is 0.237 e. The number of nitrogens with two attached hydrogens (primary N) is 1. The van der Waals surface area contributed by atoms with E-state index in [2.05, 4.69) is 6.07 Å². The van der Waals surface area contributed by atoms with Crippen LogP contribution in [0.25, 0.3) is 0 Å². The van der Waals surface area contributed by atoms with Gasteiger partial charge >= 0.3 is 0 Å². The van der Waals surface area contributed by atoms with E-state index in [9.17, 15) is 4.79 Å². The Bertz CT molecular complexity index is 639. The first-order valence-electron chi connectivity index (χ1n) is 7.10. The number of thioether (sulfide) groups is 1. The number of hydrogen-bond acceptors (Lipinski definition) is 3. The zero-order chi connectivity index (χ0) is 14.7. The minimum absolute atomic E-state index is 0.170. The van der Waals surface area contributed by atoms with Crippen molar-refractivity contribution >= 4 is 29.0 Å². The fourth-order valence-electron chi connectivity index (χ4n) is 2.58. The van der Waals surface area contributed by atoms with E-state index in [0.29, 0.717) is 5.75 Å². The van der Waals surface area contributed by atoms with E-state index >= 15 is 0 Å². The summed E-state index contributed by atoms with van der Waals surface area (Å²) in [5.41, 5.74) is 8.76. The van der Waals surface area contributed by atoms with E-state index in [-0.39, 0.29) is 5.91 Å². The number of carbonyl (C=O) groups excluding carboxylic acids is 1. The lowest BCUT2D eigenvalue weighted by molar-refractivity contribution is -0.116. The van der Waals surface area contributed by atoms with Crippen LogP contribution in [0.5, 0.6) is 0 Å². The summed E-state index contributed by atoms with van der Waals surface area (Å²) in [5, 5.41) is 0. The molecule has 0 spiro atoms. The molecule has 2 N–H and O–H groups in total. The minimum Gasteiger partial charge on any atom is -0.399 e. The molecule has 3 nitrogen and oxygen atoms in total. The number of benzene rings is 2. The first kappa shape index (κ1) is 14.0. The Morgan fingerprint density at radius 3 is 2.71 bits per heavy atom. The maximum atomic E-state index is 12.5. The van der Waals surface area contributed by atoms with Crippen LogP contribution in [-0.2, 0) is 11.2 Å². The zero-order valence-corrected chi connectivity index (χ0v) is 12.6. The molecule has 0 saturated heterocycles. The van der Waals surface area contributed by atoms with Gasteiger partial charge in [0.1, 0.15) is 0 Å². The molecule has 2 aromatic carbocycles. The third-order valence-electron chi connectivity index (χ3n) is 3.65. The predicted octanol–water partition coefficient (Wildman–Crippen LogP) is 3.34. The van der Waals surface area contributed by atoms with Gasteiger partial charge in [0, 0.05) is 22.8 Å². The Kier molecular flexibility index (Phi) is 4.15. The SMILES string of the molecule is Nc1ccc(SCC(=O)N2CCCc3ccccc32)cc1. The van der Waals surface area contributed by atoms with Crippen LogP contribution < -0.4 is 10.6 Å². The second-order valence-corrected chi connectivity index (χ2v) is 6.18. The van der Waals surface area contributed by atoms with Crippen LogP contribution in [0, 0.1) is 0 Å². The summed E-state index contributed by atoms with van der Waals surface area (Å²) in [4.78, 5) is 15.5. The third kappa shape index (κ3) is 3.22. The fraction of sp³-hybridized carbons (Fsp3) is 0.235. The Hall–Kier alpha value is -1.94. The van der Waals surface area contributed by atoms with E-state index in [4.69, 9.17) is 5.73 Å². The molecule has 3 rings (SSSR count). The molecule has 2 aromatic rings. The normalized spacial score (nSPS) is 13.8. The van der Waals surface area contributed by atoms with Gasteiger partial charge in [-0.3, -0.25) is 4.79 Å². The highest BCUT2D eigenvalue weighted by Crippen LogP contribution is 2.28. The predicted molar refractivity (Wildman–Crippen MR) is 88.7 cm³/mol. The molecule has 0 saturated carbocycles. The molecule has 4 heteroatoms. The largest absolute Gasteiger partial charge is 0.399 e. The smallest absolute Gasteiger partial charge is 0.237 e.